The van der Waals surface area contributed by atoms with Gasteiger partial charge in [0.15, 0.2) is 0 Å². The topological polar surface area (TPSA) is 96.0 Å². The number of amides is 2. The first kappa shape index (κ1) is 28.3. The average molecular weight is 542 g/mol. The van der Waals surface area contributed by atoms with E-state index in [-0.39, 0.29) is 34.7 Å². The number of sulfonamides is 1. The first-order chi connectivity index (χ1) is 18.0. The molecule has 8 nitrogen and oxygen atoms in total. The predicted molar refractivity (Wildman–Crippen MR) is 150 cm³/mol. The first-order valence-corrected chi connectivity index (χ1v) is 15.0. The molecule has 2 amide bonds. The fourth-order valence-electron chi connectivity index (χ4n) is 5.52. The minimum absolute atomic E-state index is 0.0572. The Bertz CT molecular complexity index is 1280. The van der Waals surface area contributed by atoms with Crippen molar-refractivity contribution < 1.29 is 22.7 Å². The molecule has 0 saturated carbocycles. The van der Waals surface area contributed by atoms with Gasteiger partial charge < -0.3 is 14.5 Å². The number of fused-ring (bicyclic) bond motifs is 1. The molecule has 206 valence electrons. The Labute approximate surface area is 226 Å². The SMILES string of the molecule is CCCCC1CCOC1C(=O)N1CC(C)N(C(C)=O)c2ccc(-c3ccc(S(=O)(=O)NC(C)C)cc3)cc21. The maximum Gasteiger partial charge on any atom is 0.256 e. The lowest BCUT2D eigenvalue weighted by atomic mass is 9.93. The van der Waals surface area contributed by atoms with Crippen LogP contribution in [0.3, 0.4) is 0 Å². The Kier molecular flexibility index (Phi) is 8.59. The third-order valence-electron chi connectivity index (χ3n) is 7.29. The van der Waals surface area contributed by atoms with Gasteiger partial charge in [0.2, 0.25) is 15.9 Å². The second-order valence-electron chi connectivity index (χ2n) is 10.7. The molecule has 9 heteroatoms. The largest absolute Gasteiger partial charge is 0.368 e. The van der Waals surface area contributed by atoms with Crippen molar-refractivity contribution >= 4 is 33.2 Å². The highest BCUT2D eigenvalue weighted by molar-refractivity contribution is 7.89. The van der Waals surface area contributed by atoms with Crippen molar-refractivity contribution in [2.45, 2.75) is 83.4 Å². The van der Waals surface area contributed by atoms with Gasteiger partial charge in [0, 0.05) is 26.1 Å². The van der Waals surface area contributed by atoms with Crippen LogP contribution in [-0.2, 0) is 24.3 Å². The van der Waals surface area contributed by atoms with E-state index in [0.717, 1.165) is 36.8 Å². The Hall–Kier alpha value is -2.75. The lowest BCUT2D eigenvalue weighted by Gasteiger charge is -2.42. The van der Waals surface area contributed by atoms with Gasteiger partial charge in [-0.05, 0) is 74.9 Å². The van der Waals surface area contributed by atoms with Crippen molar-refractivity contribution in [1.82, 2.24) is 4.72 Å². The van der Waals surface area contributed by atoms with Crippen LogP contribution in [0.2, 0.25) is 0 Å². The number of hydrogen-bond acceptors (Lipinski definition) is 5. The fourth-order valence-corrected chi connectivity index (χ4v) is 6.77. The van der Waals surface area contributed by atoms with Crippen molar-refractivity contribution in [2.75, 3.05) is 23.0 Å². The monoisotopic (exact) mass is 541 g/mol. The zero-order valence-corrected chi connectivity index (χ0v) is 23.8. The molecule has 1 N–H and O–H groups in total. The van der Waals surface area contributed by atoms with Crippen LogP contribution in [0.15, 0.2) is 47.4 Å². The summed E-state index contributed by atoms with van der Waals surface area (Å²) in [4.78, 5) is 30.2. The van der Waals surface area contributed by atoms with Crippen molar-refractivity contribution in [3.63, 3.8) is 0 Å². The van der Waals surface area contributed by atoms with Gasteiger partial charge in [-0.2, -0.15) is 0 Å². The molecule has 1 saturated heterocycles. The summed E-state index contributed by atoms with van der Waals surface area (Å²) in [5.41, 5.74) is 3.00. The zero-order chi connectivity index (χ0) is 27.6. The Morgan fingerprint density at radius 2 is 1.76 bits per heavy atom. The zero-order valence-electron chi connectivity index (χ0n) is 22.9. The number of nitrogens with one attached hydrogen (secondary N) is 1. The number of unbranched alkanes of at least 4 members (excludes halogenated alkanes) is 1. The maximum atomic E-state index is 13.9. The van der Waals surface area contributed by atoms with Crippen molar-refractivity contribution in [2.24, 2.45) is 5.92 Å². The maximum absolute atomic E-state index is 13.9. The number of carbonyl (C=O) groups excluding carboxylic acids is 2. The highest BCUT2D eigenvalue weighted by Gasteiger charge is 2.41. The molecular weight excluding hydrogens is 502 g/mol. The minimum atomic E-state index is -3.60. The molecular formula is C29H39N3O5S. The summed E-state index contributed by atoms with van der Waals surface area (Å²) in [7, 11) is -3.60. The molecule has 2 aliphatic rings. The molecule has 4 rings (SSSR count). The van der Waals surface area contributed by atoms with Crippen molar-refractivity contribution in [1.29, 1.82) is 0 Å². The summed E-state index contributed by atoms with van der Waals surface area (Å²) < 4.78 is 33.6. The highest BCUT2D eigenvalue weighted by atomic mass is 32.2. The van der Waals surface area contributed by atoms with E-state index in [2.05, 4.69) is 11.6 Å². The summed E-state index contributed by atoms with van der Waals surface area (Å²) in [6, 6.07) is 12.0. The molecule has 2 aromatic rings. The van der Waals surface area contributed by atoms with Gasteiger partial charge in [-0.1, -0.05) is 38.0 Å². The summed E-state index contributed by atoms with van der Waals surface area (Å²) in [5.74, 6) is 0.0613. The molecule has 0 bridgehead atoms. The van der Waals surface area contributed by atoms with Gasteiger partial charge in [0.1, 0.15) is 6.10 Å². The molecule has 2 aromatic carbocycles. The second kappa shape index (κ2) is 11.6. The standard InChI is InChI=1S/C29H39N3O5S/c1-6-7-8-23-15-16-37-28(23)29(34)31-18-20(4)32(21(5)33)26-14-11-24(17-27(26)31)22-9-12-25(13-10-22)38(35,36)30-19(2)3/h9-14,17,19-20,23,28,30H,6-8,15-16,18H2,1-5H3. The van der Waals surface area contributed by atoms with Gasteiger partial charge in [-0.25, -0.2) is 13.1 Å². The van der Waals surface area contributed by atoms with Crippen LogP contribution in [0.1, 0.15) is 60.3 Å². The number of ether oxygens (including phenoxy) is 1. The van der Waals surface area contributed by atoms with E-state index < -0.39 is 16.1 Å². The molecule has 0 aliphatic carbocycles. The lowest BCUT2D eigenvalue weighted by molar-refractivity contribution is -0.129. The smallest absolute Gasteiger partial charge is 0.256 e. The van der Waals surface area contributed by atoms with Gasteiger partial charge >= 0.3 is 0 Å². The van der Waals surface area contributed by atoms with Crippen LogP contribution in [0.4, 0.5) is 11.4 Å². The van der Waals surface area contributed by atoms with Gasteiger partial charge in [0.25, 0.3) is 5.91 Å². The number of hydrogen-bond donors (Lipinski definition) is 1. The van der Waals surface area contributed by atoms with Crippen molar-refractivity contribution in [3.8, 4) is 11.1 Å². The summed E-state index contributed by atoms with van der Waals surface area (Å²) in [6.07, 6.45) is 3.50. The molecule has 2 heterocycles. The molecule has 0 spiro atoms. The summed E-state index contributed by atoms with van der Waals surface area (Å²) in [5, 5.41) is 0. The van der Waals surface area contributed by atoms with Crippen LogP contribution in [-0.4, -0.2) is 51.6 Å². The molecule has 0 radical (unpaired) electrons. The second-order valence-corrected chi connectivity index (χ2v) is 12.4. The molecule has 1 fully saturated rings. The Morgan fingerprint density at radius 1 is 1.08 bits per heavy atom. The van der Waals surface area contributed by atoms with E-state index in [1.165, 1.54) is 6.92 Å². The Morgan fingerprint density at radius 3 is 2.39 bits per heavy atom. The van der Waals surface area contributed by atoms with Crippen LogP contribution >= 0.6 is 0 Å². The third-order valence-corrected chi connectivity index (χ3v) is 8.97. The predicted octanol–water partition coefficient (Wildman–Crippen LogP) is 4.72. The Balaban J connectivity index is 1.70. The van der Waals surface area contributed by atoms with E-state index in [4.69, 9.17) is 4.74 Å². The van der Waals surface area contributed by atoms with Crippen LogP contribution in [0, 0.1) is 5.92 Å². The van der Waals surface area contributed by atoms with Crippen molar-refractivity contribution in [3.05, 3.63) is 42.5 Å². The molecule has 0 aromatic heterocycles. The average Bonchev–Trinajstić information content (AvgIpc) is 3.34. The highest BCUT2D eigenvalue weighted by Crippen LogP contribution is 2.40. The molecule has 3 atom stereocenters. The van der Waals surface area contributed by atoms with E-state index >= 15 is 0 Å². The van der Waals surface area contributed by atoms with E-state index in [0.29, 0.717) is 24.5 Å². The van der Waals surface area contributed by atoms with E-state index in [1.807, 2.05) is 25.1 Å². The number of nitrogens with zero attached hydrogens (tertiary/aromatic N) is 2. The van der Waals surface area contributed by atoms with Crippen LogP contribution in [0.5, 0.6) is 0 Å². The molecule has 3 unspecified atom stereocenters. The summed E-state index contributed by atoms with van der Waals surface area (Å²) in [6.45, 7) is 10.2. The fraction of sp³-hybridized carbons (Fsp3) is 0.517. The lowest BCUT2D eigenvalue weighted by Crippen LogP contribution is -2.54. The van der Waals surface area contributed by atoms with E-state index in [9.17, 15) is 18.0 Å². The van der Waals surface area contributed by atoms with Gasteiger partial charge in [0.05, 0.1) is 22.3 Å². The van der Waals surface area contributed by atoms with Gasteiger partial charge in [-0.3, -0.25) is 9.59 Å². The van der Waals surface area contributed by atoms with Crippen LogP contribution in [0.25, 0.3) is 11.1 Å². The molecule has 2 aliphatic heterocycles. The summed E-state index contributed by atoms with van der Waals surface area (Å²) >= 11 is 0. The number of anilines is 2. The first-order valence-electron chi connectivity index (χ1n) is 13.5. The molecule has 38 heavy (non-hydrogen) atoms. The minimum Gasteiger partial charge on any atom is -0.368 e. The number of benzene rings is 2. The number of carbonyl (C=O) groups is 2. The quantitative estimate of drug-likeness (QED) is 0.522. The van der Waals surface area contributed by atoms with Crippen LogP contribution < -0.4 is 14.5 Å². The van der Waals surface area contributed by atoms with Gasteiger partial charge in [-0.15, -0.1) is 0 Å². The number of rotatable bonds is 8. The van der Waals surface area contributed by atoms with E-state index in [1.54, 1.807) is 47.9 Å². The normalized spacial score (nSPS) is 21.6. The third kappa shape index (κ3) is 5.80.